The highest BCUT2D eigenvalue weighted by atomic mass is 16.5. The van der Waals surface area contributed by atoms with Gasteiger partial charge >= 0.3 is 0 Å². The first-order valence-corrected chi connectivity index (χ1v) is 6.91. The Morgan fingerprint density at radius 1 is 1.00 bits per heavy atom. The summed E-state index contributed by atoms with van der Waals surface area (Å²) in [7, 11) is 0. The van der Waals surface area contributed by atoms with Crippen LogP contribution in [0.2, 0.25) is 0 Å². The normalized spacial score (nSPS) is 10.9. The van der Waals surface area contributed by atoms with Crippen LogP contribution in [0.3, 0.4) is 0 Å². The summed E-state index contributed by atoms with van der Waals surface area (Å²) in [5.41, 5.74) is 0.980. The molecule has 0 aliphatic rings. The van der Waals surface area contributed by atoms with Gasteiger partial charge < -0.3 is 10.1 Å². The maximum Gasteiger partial charge on any atom is 0.161 e. The highest BCUT2D eigenvalue weighted by Crippen LogP contribution is 2.21. The SMILES string of the molecule is CC(C)Nc1ccnc(-c2ccc(OC(C)C)cc2)n1. The van der Waals surface area contributed by atoms with Crippen LogP contribution in [0.25, 0.3) is 11.4 Å². The van der Waals surface area contributed by atoms with Crippen molar-refractivity contribution in [2.45, 2.75) is 39.8 Å². The molecule has 2 rings (SSSR count). The number of nitrogens with zero attached hydrogens (tertiary/aromatic N) is 2. The van der Waals surface area contributed by atoms with E-state index in [1.807, 2.05) is 44.2 Å². The van der Waals surface area contributed by atoms with E-state index in [0.29, 0.717) is 11.9 Å². The third-order valence-corrected chi connectivity index (χ3v) is 2.58. The molecule has 2 aromatic rings. The van der Waals surface area contributed by atoms with E-state index in [-0.39, 0.29) is 6.10 Å². The third-order valence-electron chi connectivity index (χ3n) is 2.58. The van der Waals surface area contributed by atoms with E-state index in [0.717, 1.165) is 17.1 Å². The van der Waals surface area contributed by atoms with Crippen LogP contribution in [0.5, 0.6) is 5.75 Å². The van der Waals surface area contributed by atoms with Crippen LogP contribution in [0, 0.1) is 0 Å². The fraction of sp³-hybridized carbons (Fsp3) is 0.375. The predicted molar refractivity (Wildman–Crippen MR) is 82.0 cm³/mol. The summed E-state index contributed by atoms with van der Waals surface area (Å²) in [6.45, 7) is 8.19. The molecule has 0 spiro atoms. The minimum absolute atomic E-state index is 0.177. The van der Waals surface area contributed by atoms with E-state index >= 15 is 0 Å². The van der Waals surface area contributed by atoms with Crippen molar-refractivity contribution < 1.29 is 4.74 Å². The van der Waals surface area contributed by atoms with Gasteiger partial charge in [-0.05, 0) is 58.0 Å². The van der Waals surface area contributed by atoms with E-state index in [2.05, 4.69) is 29.1 Å². The fourth-order valence-electron chi connectivity index (χ4n) is 1.83. The minimum Gasteiger partial charge on any atom is -0.491 e. The molecule has 1 aromatic heterocycles. The Morgan fingerprint density at radius 3 is 2.30 bits per heavy atom. The number of hydrogen-bond acceptors (Lipinski definition) is 4. The third kappa shape index (κ3) is 3.95. The highest BCUT2D eigenvalue weighted by molar-refractivity contribution is 5.58. The molecule has 0 saturated heterocycles. The Balaban J connectivity index is 2.18. The summed E-state index contributed by atoms with van der Waals surface area (Å²) in [6.07, 6.45) is 1.95. The van der Waals surface area contributed by atoms with Crippen LogP contribution in [-0.4, -0.2) is 22.1 Å². The lowest BCUT2D eigenvalue weighted by Crippen LogP contribution is -2.11. The average Bonchev–Trinajstić information content (AvgIpc) is 2.38. The van der Waals surface area contributed by atoms with Crippen LogP contribution < -0.4 is 10.1 Å². The lowest BCUT2D eigenvalue weighted by atomic mass is 10.2. The number of nitrogens with one attached hydrogen (secondary N) is 1. The van der Waals surface area contributed by atoms with Crippen molar-refractivity contribution in [2.24, 2.45) is 0 Å². The largest absolute Gasteiger partial charge is 0.491 e. The van der Waals surface area contributed by atoms with E-state index in [1.165, 1.54) is 0 Å². The first-order chi connectivity index (χ1) is 9.54. The van der Waals surface area contributed by atoms with Gasteiger partial charge in [-0.15, -0.1) is 0 Å². The molecule has 1 aromatic carbocycles. The molecule has 0 fully saturated rings. The number of hydrogen-bond donors (Lipinski definition) is 1. The van der Waals surface area contributed by atoms with Gasteiger partial charge in [0, 0.05) is 17.8 Å². The molecular weight excluding hydrogens is 250 g/mol. The second-order valence-electron chi connectivity index (χ2n) is 5.26. The number of ether oxygens (including phenoxy) is 1. The predicted octanol–water partition coefficient (Wildman–Crippen LogP) is 3.75. The fourth-order valence-corrected chi connectivity index (χ4v) is 1.83. The number of benzene rings is 1. The van der Waals surface area contributed by atoms with Crippen molar-refractivity contribution in [2.75, 3.05) is 5.32 Å². The molecule has 1 heterocycles. The summed E-state index contributed by atoms with van der Waals surface area (Å²) < 4.78 is 5.63. The smallest absolute Gasteiger partial charge is 0.161 e. The second-order valence-corrected chi connectivity index (χ2v) is 5.26. The van der Waals surface area contributed by atoms with Gasteiger partial charge in [-0.2, -0.15) is 0 Å². The van der Waals surface area contributed by atoms with Gasteiger partial charge in [-0.25, -0.2) is 9.97 Å². The Labute approximate surface area is 120 Å². The molecule has 0 atom stereocenters. The Kier molecular flexibility index (Phi) is 4.56. The van der Waals surface area contributed by atoms with Crippen LogP contribution in [-0.2, 0) is 0 Å². The Bertz CT molecular complexity index is 550. The summed E-state index contributed by atoms with van der Waals surface area (Å²) in [5.74, 6) is 2.42. The molecule has 4 heteroatoms. The molecule has 0 aliphatic carbocycles. The molecule has 1 N–H and O–H groups in total. The summed E-state index contributed by atoms with van der Waals surface area (Å²) >= 11 is 0. The molecule has 0 unspecified atom stereocenters. The van der Waals surface area contributed by atoms with Crippen LogP contribution >= 0.6 is 0 Å². The Morgan fingerprint density at radius 2 is 1.70 bits per heavy atom. The van der Waals surface area contributed by atoms with E-state index in [1.54, 1.807) is 6.20 Å². The standard InChI is InChI=1S/C16H21N3O/c1-11(2)18-15-9-10-17-16(19-15)13-5-7-14(8-6-13)20-12(3)4/h5-12H,1-4H3,(H,17,18,19). The summed E-state index contributed by atoms with van der Waals surface area (Å²) in [4.78, 5) is 8.83. The molecule has 0 bridgehead atoms. The number of rotatable bonds is 5. The van der Waals surface area contributed by atoms with Crippen molar-refractivity contribution in [1.82, 2.24) is 9.97 Å². The lowest BCUT2D eigenvalue weighted by molar-refractivity contribution is 0.242. The molecule has 4 nitrogen and oxygen atoms in total. The first kappa shape index (κ1) is 14.3. The van der Waals surface area contributed by atoms with Gasteiger partial charge in [0.1, 0.15) is 11.6 Å². The monoisotopic (exact) mass is 271 g/mol. The van der Waals surface area contributed by atoms with E-state index < -0.39 is 0 Å². The van der Waals surface area contributed by atoms with Gasteiger partial charge in [-0.3, -0.25) is 0 Å². The molecule has 0 aliphatic heterocycles. The van der Waals surface area contributed by atoms with E-state index in [4.69, 9.17) is 4.74 Å². The topological polar surface area (TPSA) is 47.0 Å². The van der Waals surface area contributed by atoms with Crippen LogP contribution in [0.1, 0.15) is 27.7 Å². The zero-order valence-corrected chi connectivity index (χ0v) is 12.4. The van der Waals surface area contributed by atoms with Gasteiger partial charge in [0.2, 0.25) is 0 Å². The first-order valence-electron chi connectivity index (χ1n) is 6.91. The molecule has 0 amide bonds. The van der Waals surface area contributed by atoms with Crippen molar-refractivity contribution in [3.8, 4) is 17.1 Å². The van der Waals surface area contributed by atoms with Crippen molar-refractivity contribution in [3.05, 3.63) is 36.5 Å². The van der Waals surface area contributed by atoms with Crippen molar-refractivity contribution in [3.63, 3.8) is 0 Å². The average molecular weight is 271 g/mol. The van der Waals surface area contributed by atoms with Gasteiger partial charge in [0.15, 0.2) is 5.82 Å². The van der Waals surface area contributed by atoms with Crippen molar-refractivity contribution >= 4 is 5.82 Å². The quantitative estimate of drug-likeness (QED) is 0.899. The van der Waals surface area contributed by atoms with Gasteiger partial charge in [-0.1, -0.05) is 0 Å². The maximum absolute atomic E-state index is 5.63. The number of aromatic nitrogens is 2. The summed E-state index contributed by atoms with van der Waals surface area (Å²) in [5, 5.41) is 3.28. The molecular formula is C16H21N3O. The second kappa shape index (κ2) is 6.37. The number of anilines is 1. The highest BCUT2D eigenvalue weighted by Gasteiger charge is 2.04. The van der Waals surface area contributed by atoms with E-state index in [9.17, 15) is 0 Å². The molecule has 0 radical (unpaired) electrons. The minimum atomic E-state index is 0.177. The maximum atomic E-state index is 5.63. The van der Waals surface area contributed by atoms with Gasteiger partial charge in [0.05, 0.1) is 6.10 Å². The molecule has 0 saturated carbocycles. The Hall–Kier alpha value is -2.10. The van der Waals surface area contributed by atoms with Gasteiger partial charge in [0.25, 0.3) is 0 Å². The lowest BCUT2D eigenvalue weighted by Gasteiger charge is -2.11. The van der Waals surface area contributed by atoms with Crippen molar-refractivity contribution in [1.29, 1.82) is 0 Å². The molecule has 106 valence electrons. The zero-order valence-electron chi connectivity index (χ0n) is 12.4. The molecule has 20 heavy (non-hydrogen) atoms. The summed E-state index contributed by atoms with van der Waals surface area (Å²) in [6, 6.07) is 10.1. The zero-order chi connectivity index (χ0) is 14.5. The van der Waals surface area contributed by atoms with Crippen LogP contribution in [0.15, 0.2) is 36.5 Å². The van der Waals surface area contributed by atoms with Crippen LogP contribution in [0.4, 0.5) is 5.82 Å².